The molecule has 0 aromatic carbocycles. The van der Waals surface area contributed by atoms with Crippen molar-refractivity contribution in [3.63, 3.8) is 0 Å². The molecule has 2 atom stereocenters. The average molecular weight is 193 g/mol. The van der Waals surface area contributed by atoms with Crippen molar-refractivity contribution in [3.05, 3.63) is 17.6 Å². The van der Waals surface area contributed by atoms with E-state index in [1.54, 1.807) is 0 Å². The predicted octanol–water partition coefficient (Wildman–Crippen LogP) is 0.880. The molecule has 5 heteroatoms. The van der Waals surface area contributed by atoms with E-state index in [1.807, 2.05) is 0 Å². The molecule has 1 saturated carbocycles. The minimum Gasteiger partial charge on any atom is -0.477 e. The van der Waals surface area contributed by atoms with Gasteiger partial charge in [0.2, 0.25) is 0 Å². The van der Waals surface area contributed by atoms with Crippen LogP contribution in [0.15, 0.2) is 6.20 Å². The molecule has 0 saturated heterocycles. The molecule has 2 unspecified atom stereocenters. The number of nitrogens with zero attached hydrogens (tertiary/aromatic N) is 2. The highest BCUT2D eigenvalue weighted by molar-refractivity contribution is 5.92. The topological polar surface area (TPSA) is 89.1 Å². The number of carboxylic acids is 1. The quantitative estimate of drug-likeness (QED) is 0.727. The van der Waals surface area contributed by atoms with E-state index in [4.69, 9.17) is 10.8 Å². The zero-order valence-corrected chi connectivity index (χ0v) is 7.77. The van der Waals surface area contributed by atoms with Crippen molar-refractivity contribution in [2.75, 3.05) is 5.73 Å². The van der Waals surface area contributed by atoms with Gasteiger partial charge < -0.3 is 10.8 Å². The van der Waals surface area contributed by atoms with Gasteiger partial charge in [-0.2, -0.15) is 0 Å². The van der Waals surface area contributed by atoms with Crippen LogP contribution in [-0.4, -0.2) is 21.0 Å². The molecule has 1 aromatic heterocycles. The molecule has 2 rings (SSSR count). The first-order chi connectivity index (χ1) is 6.59. The third-order valence-electron chi connectivity index (χ3n) is 2.51. The number of hydrogen-bond acceptors (Lipinski definition) is 4. The number of rotatable bonds is 2. The highest BCUT2D eigenvalue weighted by atomic mass is 16.4. The lowest BCUT2D eigenvalue weighted by Crippen LogP contribution is -2.08. The molecule has 5 nitrogen and oxygen atoms in total. The fourth-order valence-corrected chi connectivity index (χ4v) is 1.43. The first kappa shape index (κ1) is 8.93. The predicted molar refractivity (Wildman–Crippen MR) is 49.9 cm³/mol. The van der Waals surface area contributed by atoms with Gasteiger partial charge in [-0.25, -0.2) is 14.8 Å². The summed E-state index contributed by atoms with van der Waals surface area (Å²) < 4.78 is 0. The maximum Gasteiger partial charge on any atom is 0.341 e. The average Bonchev–Trinajstić information content (AvgIpc) is 2.81. The summed E-state index contributed by atoms with van der Waals surface area (Å²) >= 11 is 0. The summed E-state index contributed by atoms with van der Waals surface area (Å²) in [7, 11) is 0. The SMILES string of the molecule is CC1CC1c1ncc(C(=O)O)c(N)n1. The second-order valence-corrected chi connectivity index (χ2v) is 3.65. The Morgan fingerprint density at radius 3 is 2.79 bits per heavy atom. The normalized spacial score (nSPS) is 24.6. The number of nitrogen functional groups attached to an aromatic ring is 1. The lowest BCUT2D eigenvalue weighted by Gasteiger charge is -2.01. The fraction of sp³-hybridized carbons (Fsp3) is 0.444. The van der Waals surface area contributed by atoms with E-state index in [9.17, 15) is 4.79 Å². The summed E-state index contributed by atoms with van der Waals surface area (Å²) in [6.07, 6.45) is 2.34. The fourth-order valence-electron chi connectivity index (χ4n) is 1.43. The van der Waals surface area contributed by atoms with Gasteiger partial charge >= 0.3 is 5.97 Å². The van der Waals surface area contributed by atoms with Gasteiger partial charge in [0.25, 0.3) is 0 Å². The van der Waals surface area contributed by atoms with Crippen LogP contribution in [0.3, 0.4) is 0 Å². The molecule has 1 heterocycles. The Kier molecular flexibility index (Phi) is 1.87. The first-order valence-corrected chi connectivity index (χ1v) is 4.45. The van der Waals surface area contributed by atoms with E-state index >= 15 is 0 Å². The van der Waals surface area contributed by atoms with Crippen LogP contribution in [0.2, 0.25) is 0 Å². The number of aromatic carboxylic acids is 1. The summed E-state index contributed by atoms with van der Waals surface area (Å²) in [6, 6.07) is 0. The molecule has 1 aliphatic rings. The minimum absolute atomic E-state index is 0.0259. The molecule has 0 aliphatic heterocycles. The molecule has 1 fully saturated rings. The molecule has 1 aliphatic carbocycles. The van der Waals surface area contributed by atoms with Gasteiger partial charge in [0.1, 0.15) is 17.2 Å². The Bertz CT molecular complexity index is 392. The van der Waals surface area contributed by atoms with Gasteiger partial charge in [0, 0.05) is 12.1 Å². The first-order valence-electron chi connectivity index (χ1n) is 4.45. The van der Waals surface area contributed by atoms with E-state index in [0.29, 0.717) is 17.7 Å². The van der Waals surface area contributed by atoms with Crippen LogP contribution in [0.1, 0.15) is 35.4 Å². The van der Waals surface area contributed by atoms with Gasteiger partial charge in [-0.1, -0.05) is 6.92 Å². The number of anilines is 1. The van der Waals surface area contributed by atoms with E-state index < -0.39 is 5.97 Å². The molecule has 0 amide bonds. The summed E-state index contributed by atoms with van der Waals surface area (Å²) in [5, 5.41) is 8.70. The zero-order chi connectivity index (χ0) is 10.3. The van der Waals surface area contributed by atoms with E-state index in [0.717, 1.165) is 6.42 Å². The third kappa shape index (κ3) is 1.41. The van der Waals surface area contributed by atoms with Crippen molar-refractivity contribution in [1.82, 2.24) is 9.97 Å². The highest BCUT2D eigenvalue weighted by Gasteiger charge is 2.36. The van der Waals surface area contributed by atoms with E-state index in [-0.39, 0.29) is 11.4 Å². The highest BCUT2D eigenvalue weighted by Crippen LogP contribution is 2.45. The number of aromatic nitrogens is 2. The van der Waals surface area contributed by atoms with Crippen LogP contribution in [-0.2, 0) is 0 Å². The number of nitrogens with two attached hydrogens (primary N) is 1. The van der Waals surface area contributed by atoms with Gasteiger partial charge in [0.05, 0.1) is 0 Å². The molecular formula is C9H11N3O2. The van der Waals surface area contributed by atoms with Gasteiger partial charge in [0.15, 0.2) is 0 Å². The summed E-state index contributed by atoms with van der Waals surface area (Å²) in [4.78, 5) is 18.6. The summed E-state index contributed by atoms with van der Waals surface area (Å²) in [5.41, 5.74) is 5.48. The summed E-state index contributed by atoms with van der Waals surface area (Å²) in [5.74, 6) is 0.588. The van der Waals surface area contributed by atoms with Crippen molar-refractivity contribution < 1.29 is 9.90 Å². The molecule has 1 aromatic rings. The van der Waals surface area contributed by atoms with Crippen molar-refractivity contribution in [3.8, 4) is 0 Å². The lowest BCUT2D eigenvalue weighted by atomic mass is 10.3. The van der Waals surface area contributed by atoms with Crippen LogP contribution in [0.4, 0.5) is 5.82 Å². The Labute approximate surface area is 81.0 Å². The summed E-state index contributed by atoms with van der Waals surface area (Å²) in [6.45, 7) is 2.11. The maximum absolute atomic E-state index is 10.6. The van der Waals surface area contributed by atoms with Crippen molar-refractivity contribution in [2.45, 2.75) is 19.3 Å². The Morgan fingerprint density at radius 1 is 1.71 bits per heavy atom. The monoisotopic (exact) mass is 193 g/mol. The van der Waals surface area contributed by atoms with E-state index in [2.05, 4.69) is 16.9 Å². The third-order valence-corrected chi connectivity index (χ3v) is 2.51. The van der Waals surface area contributed by atoms with Gasteiger partial charge in [-0.15, -0.1) is 0 Å². The molecular weight excluding hydrogens is 182 g/mol. The largest absolute Gasteiger partial charge is 0.477 e. The van der Waals surface area contributed by atoms with Crippen molar-refractivity contribution >= 4 is 11.8 Å². The Hall–Kier alpha value is -1.65. The number of hydrogen-bond donors (Lipinski definition) is 2. The van der Waals surface area contributed by atoms with E-state index in [1.165, 1.54) is 6.20 Å². The maximum atomic E-state index is 10.6. The van der Waals surface area contributed by atoms with Crippen molar-refractivity contribution in [2.24, 2.45) is 5.92 Å². The van der Waals surface area contributed by atoms with Crippen LogP contribution < -0.4 is 5.73 Å². The van der Waals surface area contributed by atoms with Gasteiger partial charge in [-0.3, -0.25) is 0 Å². The molecule has 3 N–H and O–H groups in total. The molecule has 0 radical (unpaired) electrons. The number of carbonyl (C=O) groups is 1. The van der Waals surface area contributed by atoms with Crippen LogP contribution in [0.25, 0.3) is 0 Å². The second kappa shape index (κ2) is 2.94. The number of carboxylic acid groups (broad SMARTS) is 1. The molecule has 14 heavy (non-hydrogen) atoms. The zero-order valence-electron chi connectivity index (χ0n) is 7.77. The molecule has 0 bridgehead atoms. The standard InChI is InChI=1S/C9H11N3O2/c1-4-2-5(4)8-11-3-6(9(13)14)7(10)12-8/h3-5H,2H2,1H3,(H,13,14)(H2,10,11,12). The minimum atomic E-state index is -1.09. The smallest absolute Gasteiger partial charge is 0.341 e. The lowest BCUT2D eigenvalue weighted by molar-refractivity contribution is 0.0697. The molecule has 74 valence electrons. The van der Waals surface area contributed by atoms with Gasteiger partial charge in [-0.05, 0) is 12.3 Å². The Balaban J connectivity index is 2.31. The van der Waals surface area contributed by atoms with Crippen LogP contribution in [0.5, 0.6) is 0 Å². The van der Waals surface area contributed by atoms with Crippen molar-refractivity contribution in [1.29, 1.82) is 0 Å². The van der Waals surface area contributed by atoms with Crippen LogP contribution >= 0.6 is 0 Å². The molecule has 0 spiro atoms. The van der Waals surface area contributed by atoms with Crippen LogP contribution in [0, 0.1) is 5.92 Å². The Morgan fingerprint density at radius 2 is 2.36 bits per heavy atom. The second-order valence-electron chi connectivity index (χ2n) is 3.65.